The van der Waals surface area contributed by atoms with Gasteiger partial charge in [-0.3, -0.25) is 4.68 Å². The van der Waals surface area contributed by atoms with Gasteiger partial charge in [0.15, 0.2) is 14.0 Å². The van der Waals surface area contributed by atoms with E-state index in [0.29, 0.717) is 35.5 Å². The molecule has 0 amide bonds. The molecular formula is C23H30ClN7OSi. The van der Waals surface area contributed by atoms with Crippen LogP contribution >= 0.6 is 11.6 Å². The summed E-state index contributed by atoms with van der Waals surface area (Å²) in [7, 11) is 0.0886. The minimum absolute atomic E-state index is 0.177. The zero-order valence-electron chi connectivity index (χ0n) is 19.9. The fourth-order valence-electron chi connectivity index (χ4n) is 3.15. The summed E-state index contributed by atoms with van der Waals surface area (Å²) in [6.45, 7) is 12.4. The van der Waals surface area contributed by atoms with Crippen molar-refractivity contribution in [2.45, 2.75) is 38.9 Å². The van der Waals surface area contributed by atoms with E-state index in [4.69, 9.17) is 26.0 Å². The molecule has 33 heavy (non-hydrogen) atoms. The van der Waals surface area contributed by atoms with E-state index in [2.05, 4.69) is 49.4 Å². The molecule has 0 saturated heterocycles. The molecule has 8 nitrogen and oxygen atoms in total. The van der Waals surface area contributed by atoms with Gasteiger partial charge in [0, 0.05) is 35.9 Å². The van der Waals surface area contributed by atoms with Gasteiger partial charge in [-0.2, -0.15) is 10.1 Å². The minimum atomic E-state index is -1.79. The summed E-state index contributed by atoms with van der Waals surface area (Å²) >= 11 is 6.07. The van der Waals surface area contributed by atoms with Crippen LogP contribution in [0.4, 0.5) is 5.95 Å². The Hall–Kier alpha value is -2.75. The summed E-state index contributed by atoms with van der Waals surface area (Å²) in [4.78, 5) is 9.59. The first kappa shape index (κ1) is 23.4. The third kappa shape index (κ3) is 5.10. The molecule has 174 valence electrons. The van der Waals surface area contributed by atoms with Gasteiger partial charge < -0.3 is 9.74 Å². The van der Waals surface area contributed by atoms with E-state index < -0.39 is 8.32 Å². The first-order valence-electron chi connectivity index (χ1n) is 10.9. The maximum Gasteiger partial charge on any atom is 0.243 e. The van der Waals surface area contributed by atoms with Crippen LogP contribution in [0.5, 0.6) is 0 Å². The first-order valence-corrected chi connectivity index (χ1v) is 14.2. The fraction of sp³-hybridized carbons (Fsp3) is 0.391. The summed E-state index contributed by atoms with van der Waals surface area (Å²) in [6, 6.07) is 7.59. The predicted octanol–water partition coefficient (Wildman–Crippen LogP) is 5.28. The van der Waals surface area contributed by atoms with Crippen LogP contribution in [0.2, 0.25) is 23.2 Å². The van der Waals surface area contributed by atoms with Crippen LogP contribution in [0.1, 0.15) is 20.8 Å². The molecule has 1 aromatic carbocycles. The molecule has 0 saturated carbocycles. The molecule has 4 rings (SSSR count). The predicted molar refractivity (Wildman–Crippen MR) is 135 cm³/mol. The Morgan fingerprint density at radius 1 is 1.06 bits per heavy atom. The smallest absolute Gasteiger partial charge is 0.243 e. The SMILES string of the molecule is Cn1cc(-c2nc(-c3ccc(Cl)cc3)cn3nc(NCCO[Si](C)(C)C(C)(C)C)nc23)cn1. The molecule has 0 aliphatic carbocycles. The van der Waals surface area contributed by atoms with Crippen molar-refractivity contribution in [2.24, 2.45) is 7.05 Å². The molecule has 0 atom stereocenters. The molecule has 3 aromatic heterocycles. The number of hydrogen-bond acceptors (Lipinski definition) is 6. The van der Waals surface area contributed by atoms with E-state index in [9.17, 15) is 0 Å². The molecule has 0 radical (unpaired) electrons. The lowest BCUT2D eigenvalue weighted by molar-refractivity contribution is 0.301. The number of benzene rings is 1. The Morgan fingerprint density at radius 2 is 1.79 bits per heavy atom. The van der Waals surface area contributed by atoms with Crippen LogP contribution in [0, 0.1) is 0 Å². The lowest BCUT2D eigenvalue weighted by Gasteiger charge is -2.36. The van der Waals surface area contributed by atoms with Crippen LogP contribution in [0.25, 0.3) is 28.2 Å². The maximum absolute atomic E-state index is 6.25. The molecule has 0 unspecified atom stereocenters. The second-order valence-corrected chi connectivity index (χ2v) is 14.9. The number of aromatic nitrogens is 6. The zero-order chi connectivity index (χ0) is 23.8. The van der Waals surface area contributed by atoms with Crippen LogP contribution in [0.15, 0.2) is 42.9 Å². The molecule has 0 fully saturated rings. The van der Waals surface area contributed by atoms with Gasteiger partial charge in [0.05, 0.1) is 24.7 Å². The largest absolute Gasteiger partial charge is 0.415 e. The average Bonchev–Trinajstić information content (AvgIpc) is 3.36. The van der Waals surface area contributed by atoms with E-state index >= 15 is 0 Å². The zero-order valence-corrected chi connectivity index (χ0v) is 21.7. The second kappa shape index (κ2) is 8.89. The highest BCUT2D eigenvalue weighted by Gasteiger charge is 2.36. The highest BCUT2D eigenvalue weighted by molar-refractivity contribution is 6.74. The molecule has 3 heterocycles. The van der Waals surface area contributed by atoms with E-state index in [1.54, 1.807) is 15.4 Å². The number of nitrogens with zero attached hydrogens (tertiary/aromatic N) is 6. The summed E-state index contributed by atoms with van der Waals surface area (Å²) in [6.07, 6.45) is 5.58. The van der Waals surface area contributed by atoms with Gasteiger partial charge in [0.2, 0.25) is 5.95 Å². The quantitative estimate of drug-likeness (QED) is 0.284. The van der Waals surface area contributed by atoms with Crippen LogP contribution in [-0.4, -0.2) is 50.8 Å². The highest BCUT2D eigenvalue weighted by atomic mass is 35.5. The first-order chi connectivity index (χ1) is 15.5. The monoisotopic (exact) mass is 483 g/mol. The van der Waals surface area contributed by atoms with Crippen molar-refractivity contribution in [1.82, 2.24) is 29.4 Å². The number of rotatable bonds is 7. The Labute approximate surface area is 200 Å². The standard InChI is InChI=1S/C23H30ClN7OSi/c1-23(2,3)33(5,6)32-12-11-25-22-28-21-20(17-13-26-30(4)14-17)27-19(15-31(21)29-22)16-7-9-18(24)10-8-16/h7-10,13-15H,11-12H2,1-6H3,(H,25,29). The average molecular weight is 484 g/mol. The molecule has 0 bridgehead atoms. The van der Waals surface area contributed by atoms with Crippen LogP contribution in [-0.2, 0) is 11.5 Å². The number of halogens is 1. The van der Waals surface area contributed by atoms with Crippen molar-refractivity contribution < 1.29 is 4.43 Å². The van der Waals surface area contributed by atoms with E-state index in [-0.39, 0.29) is 5.04 Å². The van der Waals surface area contributed by atoms with Gasteiger partial charge in [-0.05, 0) is 30.3 Å². The van der Waals surface area contributed by atoms with Gasteiger partial charge in [0.25, 0.3) is 0 Å². The fourth-order valence-corrected chi connectivity index (χ4v) is 4.32. The molecule has 10 heteroatoms. The molecule has 0 spiro atoms. The third-order valence-electron chi connectivity index (χ3n) is 6.09. The Balaban J connectivity index is 1.62. The van der Waals surface area contributed by atoms with Gasteiger partial charge in [0.1, 0.15) is 5.69 Å². The van der Waals surface area contributed by atoms with Crippen molar-refractivity contribution in [3.8, 4) is 22.5 Å². The van der Waals surface area contributed by atoms with Crippen LogP contribution in [0.3, 0.4) is 0 Å². The van der Waals surface area contributed by atoms with Gasteiger partial charge >= 0.3 is 0 Å². The lowest BCUT2D eigenvalue weighted by atomic mass is 10.1. The van der Waals surface area contributed by atoms with Gasteiger partial charge in [-0.1, -0.05) is 44.5 Å². The second-order valence-electron chi connectivity index (χ2n) is 9.62. The van der Waals surface area contributed by atoms with Crippen LogP contribution < -0.4 is 5.32 Å². The van der Waals surface area contributed by atoms with Crippen molar-refractivity contribution in [2.75, 3.05) is 18.5 Å². The van der Waals surface area contributed by atoms with Crippen molar-refractivity contribution in [1.29, 1.82) is 0 Å². The molecule has 0 aliphatic heterocycles. The Morgan fingerprint density at radius 3 is 2.42 bits per heavy atom. The number of hydrogen-bond donors (Lipinski definition) is 1. The van der Waals surface area contributed by atoms with E-state index in [1.807, 2.05) is 43.7 Å². The maximum atomic E-state index is 6.25. The summed E-state index contributed by atoms with van der Waals surface area (Å²) in [5.41, 5.74) is 3.97. The topological polar surface area (TPSA) is 82.2 Å². The molecule has 4 aromatic rings. The van der Waals surface area contributed by atoms with Crippen molar-refractivity contribution in [3.63, 3.8) is 0 Å². The minimum Gasteiger partial charge on any atom is -0.415 e. The number of nitrogens with one attached hydrogen (secondary N) is 1. The van der Waals surface area contributed by atoms with Gasteiger partial charge in [-0.15, -0.1) is 5.10 Å². The summed E-state index contributed by atoms with van der Waals surface area (Å²) in [5.74, 6) is 0.536. The highest BCUT2D eigenvalue weighted by Crippen LogP contribution is 2.36. The van der Waals surface area contributed by atoms with E-state index in [0.717, 1.165) is 16.8 Å². The Kier molecular flexibility index (Phi) is 6.30. The molecule has 0 aliphatic rings. The number of fused-ring (bicyclic) bond motifs is 1. The molecule has 1 N–H and O–H groups in total. The Bertz CT molecular complexity index is 1260. The lowest BCUT2D eigenvalue weighted by Crippen LogP contribution is -2.41. The number of aryl methyl sites for hydroxylation is 1. The third-order valence-corrected chi connectivity index (χ3v) is 10.9. The van der Waals surface area contributed by atoms with Crippen molar-refractivity contribution >= 4 is 31.5 Å². The number of anilines is 1. The van der Waals surface area contributed by atoms with E-state index in [1.165, 1.54) is 0 Å². The normalized spacial score (nSPS) is 12.5. The summed E-state index contributed by atoms with van der Waals surface area (Å²) < 4.78 is 9.76. The van der Waals surface area contributed by atoms with Crippen molar-refractivity contribution in [3.05, 3.63) is 47.9 Å². The molecular weight excluding hydrogens is 454 g/mol. The van der Waals surface area contributed by atoms with Gasteiger partial charge in [-0.25, -0.2) is 9.50 Å². The summed E-state index contributed by atoms with van der Waals surface area (Å²) in [5, 5.41) is 13.1.